The SMILES string of the molecule is Cc1nc2ccc3c4c2n1-c1cccc2c1B4c1c(ccc4nc(C)n-2c14)-c1cc2c(cc1-3)oc1ccccc12. The first kappa shape index (κ1) is 19.9. The summed E-state index contributed by atoms with van der Waals surface area (Å²) >= 11 is 0. The molecule has 3 aromatic heterocycles. The second kappa shape index (κ2) is 6.21. The summed E-state index contributed by atoms with van der Waals surface area (Å²) in [6.45, 7) is 4.34. The summed E-state index contributed by atoms with van der Waals surface area (Å²) in [7, 11) is 0. The number of benzene rings is 5. The summed E-state index contributed by atoms with van der Waals surface area (Å²) in [5, 5.41) is 2.30. The summed E-state index contributed by atoms with van der Waals surface area (Å²) in [4.78, 5) is 10.1. The van der Waals surface area contributed by atoms with Crippen molar-refractivity contribution in [3.8, 4) is 33.6 Å². The van der Waals surface area contributed by atoms with Gasteiger partial charge in [-0.15, -0.1) is 0 Å². The van der Waals surface area contributed by atoms with Crippen molar-refractivity contribution in [2.24, 2.45) is 0 Å². The fraction of sp³-hybridized carbons (Fsp3) is 0.0588. The van der Waals surface area contributed by atoms with Crippen molar-refractivity contribution in [3.05, 3.63) is 90.5 Å². The number of aromatic nitrogens is 4. The molecule has 0 bridgehead atoms. The van der Waals surface area contributed by atoms with Gasteiger partial charge in [0.1, 0.15) is 22.8 Å². The van der Waals surface area contributed by atoms with E-state index in [2.05, 4.69) is 95.8 Å². The standard InChI is InChI=1S/C34H19BN4O/c1-16-36-24-12-10-19-21-14-23-18-6-3-4-9-28(18)40-29(23)15-22(21)20-11-13-25-34-31(20)35-30(19)33(24)38(16)26-7-5-8-27(32(26)35)39(34)17(2)37-25/h3-15H,1-2H3. The number of furan rings is 1. The van der Waals surface area contributed by atoms with E-state index in [1.54, 1.807) is 0 Å². The molecule has 8 aromatic rings. The molecule has 0 amide bonds. The molecule has 6 heterocycles. The number of fused-ring (bicyclic) bond motifs is 8. The van der Waals surface area contributed by atoms with E-state index in [1.807, 2.05) is 6.07 Å². The third-order valence-corrected chi connectivity index (χ3v) is 9.56. The number of imidazole rings is 2. The first-order valence-electron chi connectivity index (χ1n) is 13.8. The van der Waals surface area contributed by atoms with Crippen LogP contribution in [0.3, 0.4) is 0 Å². The predicted octanol–water partition coefficient (Wildman–Crippen LogP) is 5.67. The van der Waals surface area contributed by atoms with Crippen molar-refractivity contribution in [2.75, 3.05) is 0 Å². The molecule has 5 aromatic carbocycles. The molecule has 184 valence electrons. The molecular formula is C34H19BN4O. The Balaban J connectivity index is 1.45. The Morgan fingerprint density at radius 1 is 0.575 bits per heavy atom. The minimum atomic E-state index is 0.0891. The Morgan fingerprint density at radius 2 is 1.20 bits per heavy atom. The minimum absolute atomic E-state index is 0.0891. The lowest BCUT2D eigenvalue weighted by Crippen LogP contribution is -2.60. The van der Waals surface area contributed by atoms with Gasteiger partial charge < -0.3 is 4.42 Å². The Bertz CT molecular complexity index is 2530. The number of rotatable bonds is 0. The summed E-state index contributed by atoms with van der Waals surface area (Å²) < 4.78 is 11.2. The van der Waals surface area contributed by atoms with Crippen LogP contribution in [0.25, 0.3) is 77.6 Å². The number of hydrogen-bond acceptors (Lipinski definition) is 3. The van der Waals surface area contributed by atoms with Gasteiger partial charge in [0, 0.05) is 22.1 Å². The van der Waals surface area contributed by atoms with Gasteiger partial charge in [0.05, 0.1) is 22.1 Å². The molecule has 40 heavy (non-hydrogen) atoms. The van der Waals surface area contributed by atoms with Gasteiger partial charge in [-0.3, -0.25) is 9.13 Å². The minimum Gasteiger partial charge on any atom is -0.456 e. The number of hydrogen-bond donors (Lipinski definition) is 0. The fourth-order valence-corrected chi connectivity index (χ4v) is 8.14. The van der Waals surface area contributed by atoms with E-state index in [-0.39, 0.29) is 6.71 Å². The maximum Gasteiger partial charge on any atom is 0.253 e. The molecule has 0 saturated heterocycles. The van der Waals surface area contributed by atoms with Crippen LogP contribution in [0, 0.1) is 13.8 Å². The third-order valence-electron chi connectivity index (χ3n) is 9.56. The third kappa shape index (κ3) is 1.98. The average Bonchev–Trinajstić information content (AvgIpc) is 3.60. The first-order chi connectivity index (χ1) is 19.7. The van der Waals surface area contributed by atoms with Gasteiger partial charge in [0.25, 0.3) is 6.71 Å². The zero-order chi connectivity index (χ0) is 26.0. The quantitative estimate of drug-likeness (QED) is 0.247. The molecule has 11 rings (SSSR count). The van der Waals surface area contributed by atoms with Crippen LogP contribution in [0.15, 0.2) is 83.3 Å². The second-order valence-electron chi connectivity index (χ2n) is 11.4. The maximum absolute atomic E-state index is 6.42. The molecular weight excluding hydrogens is 491 g/mol. The molecule has 0 atom stereocenters. The van der Waals surface area contributed by atoms with Crippen LogP contribution < -0.4 is 16.4 Å². The van der Waals surface area contributed by atoms with Crippen molar-refractivity contribution < 1.29 is 4.42 Å². The van der Waals surface area contributed by atoms with Gasteiger partial charge in [-0.2, -0.15) is 0 Å². The molecule has 3 aliphatic rings. The number of nitrogens with zero attached hydrogens (tertiary/aromatic N) is 4. The number of para-hydroxylation sites is 1. The van der Waals surface area contributed by atoms with E-state index in [4.69, 9.17) is 14.4 Å². The van der Waals surface area contributed by atoms with Gasteiger partial charge in [-0.05, 0) is 95.0 Å². The van der Waals surface area contributed by atoms with Gasteiger partial charge >= 0.3 is 0 Å². The van der Waals surface area contributed by atoms with E-state index >= 15 is 0 Å². The molecule has 5 nitrogen and oxygen atoms in total. The summed E-state index contributed by atoms with van der Waals surface area (Å²) in [6, 6.07) is 28.7. The lowest BCUT2D eigenvalue weighted by molar-refractivity contribution is 0.669. The average molecular weight is 510 g/mol. The Hall–Kier alpha value is -5.10. The van der Waals surface area contributed by atoms with Crippen LogP contribution in [-0.4, -0.2) is 25.8 Å². The monoisotopic (exact) mass is 510 g/mol. The highest BCUT2D eigenvalue weighted by Crippen LogP contribution is 2.44. The van der Waals surface area contributed by atoms with Crippen molar-refractivity contribution in [1.82, 2.24) is 19.1 Å². The topological polar surface area (TPSA) is 48.8 Å². The van der Waals surface area contributed by atoms with Crippen LogP contribution >= 0.6 is 0 Å². The highest BCUT2D eigenvalue weighted by atomic mass is 16.3. The molecule has 0 aliphatic carbocycles. The van der Waals surface area contributed by atoms with E-state index in [0.29, 0.717) is 0 Å². The largest absolute Gasteiger partial charge is 0.456 e. The van der Waals surface area contributed by atoms with Crippen LogP contribution in [-0.2, 0) is 0 Å². The summed E-state index contributed by atoms with van der Waals surface area (Å²) in [6.07, 6.45) is 0. The van der Waals surface area contributed by atoms with Crippen molar-refractivity contribution in [3.63, 3.8) is 0 Å². The van der Waals surface area contributed by atoms with Gasteiger partial charge in [-0.1, -0.05) is 36.4 Å². The second-order valence-corrected chi connectivity index (χ2v) is 11.4. The summed E-state index contributed by atoms with van der Waals surface area (Å²) in [5.41, 5.74) is 17.8. The molecule has 0 radical (unpaired) electrons. The molecule has 3 aliphatic heterocycles. The highest BCUT2D eigenvalue weighted by molar-refractivity contribution is 7.02. The van der Waals surface area contributed by atoms with Crippen molar-refractivity contribution in [1.29, 1.82) is 0 Å². The van der Waals surface area contributed by atoms with Crippen LogP contribution in [0.1, 0.15) is 11.6 Å². The highest BCUT2D eigenvalue weighted by Gasteiger charge is 2.45. The first-order valence-corrected chi connectivity index (χ1v) is 13.8. The van der Waals surface area contributed by atoms with Crippen molar-refractivity contribution >= 4 is 67.1 Å². The van der Waals surface area contributed by atoms with Crippen molar-refractivity contribution in [2.45, 2.75) is 13.8 Å². The number of aryl methyl sites for hydroxylation is 2. The zero-order valence-corrected chi connectivity index (χ0v) is 21.8. The van der Waals surface area contributed by atoms with Crippen LogP contribution in [0.4, 0.5) is 0 Å². The Labute approximate surface area is 228 Å². The van der Waals surface area contributed by atoms with Gasteiger partial charge in [0.15, 0.2) is 0 Å². The van der Waals surface area contributed by atoms with Gasteiger partial charge in [0.2, 0.25) is 0 Å². The molecule has 0 unspecified atom stereocenters. The van der Waals surface area contributed by atoms with E-state index in [0.717, 1.165) is 44.6 Å². The molecule has 6 heteroatoms. The lowest BCUT2D eigenvalue weighted by Gasteiger charge is -2.33. The fourth-order valence-electron chi connectivity index (χ4n) is 8.14. The van der Waals surface area contributed by atoms with E-state index < -0.39 is 0 Å². The molecule has 0 spiro atoms. The predicted molar refractivity (Wildman–Crippen MR) is 162 cm³/mol. The van der Waals surface area contributed by atoms with Gasteiger partial charge in [-0.25, -0.2) is 9.97 Å². The molecule has 0 saturated carbocycles. The summed E-state index contributed by atoms with van der Waals surface area (Å²) in [5.74, 6) is 2.03. The zero-order valence-electron chi connectivity index (χ0n) is 21.8. The lowest BCUT2D eigenvalue weighted by atomic mass is 9.33. The van der Waals surface area contributed by atoms with Crippen LogP contribution in [0.2, 0.25) is 0 Å². The molecule has 0 fully saturated rings. The molecule has 0 N–H and O–H groups in total. The Kier molecular flexibility index (Phi) is 3.09. The van der Waals surface area contributed by atoms with Crippen LogP contribution in [0.5, 0.6) is 0 Å². The van der Waals surface area contributed by atoms with E-state index in [1.165, 1.54) is 61.1 Å². The smallest absolute Gasteiger partial charge is 0.253 e. The Morgan fingerprint density at radius 3 is 1.88 bits per heavy atom. The van der Waals surface area contributed by atoms with E-state index in [9.17, 15) is 0 Å². The maximum atomic E-state index is 6.42. The normalized spacial score (nSPS) is 13.7.